The summed E-state index contributed by atoms with van der Waals surface area (Å²) in [5, 5.41) is 7.42. The molecule has 0 aromatic carbocycles. The molecule has 0 aliphatic heterocycles. The largest absolute Gasteiger partial charge is 0.478 e. The molecule has 2 aromatic rings. The maximum absolute atomic E-state index is 5.57. The molecule has 0 unspecified atom stereocenters. The van der Waals surface area contributed by atoms with E-state index >= 15 is 0 Å². The number of rotatable bonds is 6. The van der Waals surface area contributed by atoms with Crippen LogP contribution in [0.4, 0.5) is 0 Å². The smallest absolute Gasteiger partial charge is 0.216 e. The summed E-state index contributed by atoms with van der Waals surface area (Å²) in [6, 6.07) is 4.21. The van der Waals surface area contributed by atoms with Crippen LogP contribution in [0, 0.1) is 0 Å². The fourth-order valence-electron chi connectivity index (χ4n) is 1.52. The number of hydrogen-bond donors (Lipinski definition) is 1. The standard InChI is InChI=1S/C12H18N4O/c1-10(2)13-6-3-9-17-12-5-8-16-11(15-12)4-7-14-16/h4-5,7-8,10,13H,3,6,9H2,1-2H3. The van der Waals surface area contributed by atoms with Gasteiger partial charge < -0.3 is 10.1 Å². The predicted molar refractivity (Wildman–Crippen MR) is 66.2 cm³/mol. The summed E-state index contributed by atoms with van der Waals surface area (Å²) in [6.45, 7) is 5.91. The SMILES string of the molecule is CC(C)NCCCOc1ccn2nccc2n1. The minimum absolute atomic E-state index is 0.524. The topological polar surface area (TPSA) is 51.5 Å². The molecule has 0 aliphatic rings. The Balaban J connectivity index is 1.78. The lowest BCUT2D eigenvalue weighted by atomic mass is 10.3. The van der Waals surface area contributed by atoms with Crippen LogP contribution in [-0.2, 0) is 0 Å². The van der Waals surface area contributed by atoms with Gasteiger partial charge in [-0.1, -0.05) is 13.8 Å². The van der Waals surface area contributed by atoms with E-state index in [1.165, 1.54) is 0 Å². The number of ether oxygens (including phenoxy) is 1. The second-order valence-electron chi connectivity index (χ2n) is 4.21. The molecule has 0 aliphatic carbocycles. The van der Waals surface area contributed by atoms with Crippen LogP contribution < -0.4 is 10.1 Å². The van der Waals surface area contributed by atoms with Crippen molar-refractivity contribution in [1.29, 1.82) is 0 Å². The van der Waals surface area contributed by atoms with Gasteiger partial charge in [-0.2, -0.15) is 10.1 Å². The molecule has 0 atom stereocenters. The number of fused-ring (bicyclic) bond motifs is 1. The molecular formula is C12H18N4O. The number of nitrogens with one attached hydrogen (secondary N) is 1. The molecule has 2 heterocycles. The van der Waals surface area contributed by atoms with Crippen molar-refractivity contribution < 1.29 is 4.74 Å². The van der Waals surface area contributed by atoms with E-state index in [4.69, 9.17) is 4.74 Å². The van der Waals surface area contributed by atoms with Gasteiger partial charge >= 0.3 is 0 Å². The van der Waals surface area contributed by atoms with Crippen LogP contribution in [0.15, 0.2) is 24.5 Å². The maximum Gasteiger partial charge on any atom is 0.216 e. The van der Waals surface area contributed by atoms with Crippen LogP contribution in [0.25, 0.3) is 5.65 Å². The molecule has 1 N–H and O–H groups in total. The van der Waals surface area contributed by atoms with E-state index in [0.717, 1.165) is 18.6 Å². The summed E-state index contributed by atoms with van der Waals surface area (Å²) in [4.78, 5) is 4.33. The molecule has 92 valence electrons. The van der Waals surface area contributed by atoms with Crippen LogP contribution in [-0.4, -0.2) is 33.8 Å². The molecule has 0 radical (unpaired) electrons. The highest BCUT2D eigenvalue weighted by atomic mass is 16.5. The van der Waals surface area contributed by atoms with Gasteiger partial charge in [0, 0.05) is 24.4 Å². The average Bonchev–Trinajstić information content (AvgIpc) is 2.75. The van der Waals surface area contributed by atoms with Gasteiger partial charge in [0.15, 0.2) is 5.65 Å². The van der Waals surface area contributed by atoms with Gasteiger partial charge in [0.1, 0.15) is 0 Å². The van der Waals surface area contributed by atoms with Gasteiger partial charge in [-0.15, -0.1) is 0 Å². The highest BCUT2D eigenvalue weighted by Gasteiger charge is 1.99. The van der Waals surface area contributed by atoms with Crippen LogP contribution in [0.3, 0.4) is 0 Å². The summed E-state index contributed by atoms with van der Waals surface area (Å²) in [6.07, 6.45) is 4.55. The van der Waals surface area contributed by atoms with Crippen LogP contribution >= 0.6 is 0 Å². The first-order valence-electron chi connectivity index (χ1n) is 5.92. The Kier molecular flexibility index (Phi) is 3.93. The zero-order valence-corrected chi connectivity index (χ0v) is 10.3. The van der Waals surface area contributed by atoms with Gasteiger partial charge in [-0.25, -0.2) is 4.52 Å². The zero-order chi connectivity index (χ0) is 12.1. The van der Waals surface area contributed by atoms with E-state index in [1.54, 1.807) is 10.7 Å². The van der Waals surface area contributed by atoms with Crippen LogP contribution in [0.2, 0.25) is 0 Å². The fourth-order valence-corrected chi connectivity index (χ4v) is 1.52. The van der Waals surface area contributed by atoms with Crippen LogP contribution in [0.1, 0.15) is 20.3 Å². The summed E-state index contributed by atoms with van der Waals surface area (Å²) in [5.41, 5.74) is 0.808. The molecule has 5 heteroatoms. The lowest BCUT2D eigenvalue weighted by Gasteiger charge is -2.08. The monoisotopic (exact) mass is 234 g/mol. The Morgan fingerprint density at radius 3 is 3.12 bits per heavy atom. The molecule has 5 nitrogen and oxygen atoms in total. The number of aromatic nitrogens is 3. The zero-order valence-electron chi connectivity index (χ0n) is 10.3. The third kappa shape index (κ3) is 3.42. The summed E-state index contributed by atoms with van der Waals surface area (Å²) in [5.74, 6) is 0.655. The first kappa shape index (κ1) is 11.9. The first-order valence-corrected chi connectivity index (χ1v) is 5.92. The Labute approximate surface area is 101 Å². The van der Waals surface area contributed by atoms with Crippen molar-refractivity contribution in [3.05, 3.63) is 24.5 Å². The highest BCUT2D eigenvalue weighted by molar-refractivity contribution is 5.37. The third-order valence-electron chi connectivity index (χ3n) is 2.36. The molecule has 0 spiro atoms. The second kappa shape index (κ2) is 5.63. The quantitative estimate of drug-likeness (QED) is 0.769. The van der Waals surface area contributed by atoms with Crippen molar-refractivity contribution in [2.75, 3.05) is 13.2 Å². The molecule has 0 bridgehead atoms. The van der Waals surface area contributed by atoms with E-state index in [-0.39, 0.29) is 0 Å². The summed E-state index contributed by atoms with van der Waals surface area (Å²) >= 11 is 0. The van der Waals surface area contributed by atoms with Crippen molar-refractivity contribution in [3.8, 4) is 5.88 Å². The Hall–Kier alpha value is -1.62. The molecule has 2 aromatic heterocycles. The van der Waals surface area contributed by atoms with Gasteiger partial charge in [-0.3, -0.25) is 0 Å². The number of hydrogen-bond acceptors (Lipinski definition) is 4. The Bertz CT molecular complexity index is 466. The van der Waals surface area contributed by atoms with E-state index in [0.29, 0.717) is 18.5 Å². The van der Waals surface area contributed by atoms with Crippen molar-refractivity contribution in [1.82, 2.24) is 19.9 Å². The van der Waals surface area contributed by atoms with Crippen molar-refractivity contribution in [3.63, 3.8) is 0 Å². The third-order valence-corrected chi connectivity index (χ3v) is 2.36. The van der Waals surface area contributed by atoms with Gasteiger partial charge in [0.2, 0.25) is 5.88 Å². The van der Waals surface area contributed by atoms with Crippen molar-refractivity contribution in [2.24, 2.45) is 0 Å². The molecular weight excluding hydrogens is 216 g/mol. The van der Waals surface area contributed by atoms with Crippen LogP contribution in [0.5, 0.6) is 5.88 Å². The molecule has 0 saturated carbocycles. The van der Waals surface area contributed by atoms with Gasteiger partial charge in [-0.05, 0) is 13.0 Å². The van der Waals surface area contributed by atoms with E-state index in [2.05, 4.69) is 29.2 Å². The number of nitrogens with zero attached hydrogens (tertiary/aromatic N) is 3. The summed E-state index contributed by atoms with van der Waals surface area (Å²) in [7, 11) is 0. The fraction of sp³-hybridized carbons (Fsp3) is 0.500. The highest BCUT2D eigenvalue weighted by Crippen LogP contribution is 2.08. The Morgan fingerprint density at radius 2 is 2.29 bits per heavy atom. The maximum atomic E-state index is 5.57. The average molecular weight is 234 g/mol. The van der Waals surface area contributed by atoms with E-state index < -0.39 is 0 Å². The lowest BCUT2D eigenvalue weighted by molar-refractivity contribution is 0.295. The lowest BCUT2D eigenvalue weighted by Crippen LogP contribution is -2.24. The first-order chi connectivity index (χ1) is 8.25. The molecule has 2 rings (SSSR count). The molecule has 0 fully saturated rings. The van der Waals surface area contributed by atoms with E-state index in [1.807, 2.05) is 18.3 Å². The van der Waals surface area contributed by atoms with Gasteiger partial charge in [0.25, 0.3) is 0 Å². The molecule has 0 saturated heterocycles. The summed E-state index contributed by atoms with van der Waals surface area (Å²) < 4.78 is 7.29. The van der Waals surface area contributed by atoms with Gasteiger partial charge in [0.05, 0.1) is 12.8 Å². The predicted octanol–water partition coefficient (Wildman–Crippen LogP) is 1.50. The minimum atomic E-state index is 0.524. The Morgan fingerprint density at radius 1 is 1.41 bits per heavy atom. The molecule has 0 amide bonds. The minimum Gasteiger partial charge on any atom is -0.478 e. The van der Waals surface area contributed by atoms with Crippen molar-refractivity contribution in [2.45, 2.75) is 26.3 Å². The van der Waals surface area contributed by atoms with Crippen molar-refractivity contribution >= 4 is 5.65 Å². The second-order valence-corrected chi connectivity index (χ2v) is 4.21. The van der Waals surface area contributed by atoms with E-state index in [9.17, 15) is 0 Å². The molecule has 17 heavy (non-hydrogen) atoms. The normalized spacial score (nSPS) is 11.2.